The third-order valence-corrected chi connectivity index (χ3v) is 4.70. The van der Waals surface area contributed by atoms with Gasteiger partial charge in [0.25, 0.3) is 0 Å². The molecule has 2 rings (SSSR count). The first kappa shape index (κ1) is 16.8. The number of carbonyl (C=O) groups is 2. The van der Waals surface area contributed by atoms with Gasteiger partial charge in [-0.15, -0.1) is 0 Å². The molecule has 1 aromatic carbocycles. The van der Waals surface area contributed by atoms with Gasteiger partial charge in [-0.2, -0.15) is 0 Å². The minimum Gasteiger partial charge on any atom is -0.492 e. The summed E-state index contributed by atoms with van der Waals surface area (Å²) in [4.78, 5) is 23.7. The molecule has 0 aromatic heterocycles. The van der Waals surface area contributed by atoms with Crippen molar-refractivity contribution in [1.29, 1.82) is 0 Å². The summed E-state index contributed by atoms with van der Waals surface area (Å²) in [6.07, 6.45) is 0.203. The fourth-order valence-corrected chi connectivity index (χ4v) is 3.48. The number of rotatable bonds is 4. The molecule has 0 N–H and O–H groups in total. The monoisotopic (exact) mass is 370 g/mol. The maximum atomic E-state index is 12.0. The standard InChI is InChI=1S/C16H19BrO5/c1-9(16(19)21-3)14-10(7-13(18)20-2)8-22-15-11(14)5-4-6-12(15)17/h4-6,9-10,14H,7-8H2,1-3H3. The van der Waals surface area contributed by atoms with Gasteiger partial charge in [-0.3, -0.25) is 9.59 Å². The van der Waals surface area contributed by atoms with Gasteiger partial charge in [0, 0.05) is 11.8 Å². The lowest BCUT2D eigenvalue weighted by Gasteiger charge is -2.36. The van der Waals surface area contributed by atoms with Gasteiger partial charge >= 0.3 is 11.9 Å². The first-order valence-electron chi connectivity index (χ1n) is 7.05. The zero-order valence-electron chi connectivity index (χ0n) is 12.8. The van der Waals surface area contributed by atoms with E-state index in [1.807, 2.05) is 25.1 Å². The minimum absolute atomic E-state index is 0.136. The van der Waals surface area contributed by atoms with Crippen molar-refractivity contribution in [1.82, 2.24) is 0 Å². The van der Waals surface area contributed by atoms with Crippen molar-refractivity contribution in [2.75, 3.05) is 20.8 Å². The molecular formula is C16H19BrO5. The molecule has 0 bridgehead atoms. The molecule has 0 saturated carbocycles. The Bertz CT molecular complexity index is 572. The number of para-hydroxylation sites is 1. The number of fused-ring (bicyclic) bond motifs is 1. The average Bonchev–Trinajstić information content (AvgIpc) is 2.53. The molecule has 0 fully saturated rings. The summed E-state index contributed by atoms with van der Waals surface area (Å²) in [5, 5.41) is 0. The Labute approximate surface area is 138 Å². The van der Waals surface area contributed by atoms with E-state index in [9.17, 15) is 9.59 Å². The summed E-state index contributed by atoms with van der Waals surface area (Å²) in [5.41, 5.74) is 0.910. The van der Waals surface area contributed by atoms with Crippen molar-refractivity contribution in [3.8, 4) is 5.75 Å². The molecule has 0 amide bonds. The number of benzene rings is 1. The number of esters is 2. The second-order valence-corrected chi connectivity index (χ2v) is 6.20. The summed E-state index contributed by atoms with van der Waals surface area (Å²) in [6.45, 7) is 2.17. The van der Waals surface area contributed by atoms with Gasteiger partial charge in [-0.05, 0) is 27.6 Å². The number of methoxy groups -OCH3 is 2. The highest BCUT2D eigenvalue weighted by atomic mass is 79.9. The molecule has 1 aliphatic rings. The van der Waals surface area contributed by atoms with Crippen LogP contribution in [-0.2, 0) is 19.1 Å². The molecule has 0 spiro atoms. The van der Waals surface area contributed by atoms with Crippen molar-refractivity contribution in [3.05, 3.63) is 28.2 Å². The van der Waals surface area contributed by atoms with Gasteiger partial charge in [-0.1, -0.05) is 19.1 Å². The largest absolute Gasteiger partial charge is 0.492 e. The summed E-state index contributed by atoms with van der Waals surface area (Å²) < 4.78 is 16.3. The highest BCUT2D eigenvalue weighted by Crippen LogP contribution is 2.46. The molecule has 22 heavy (non-hydrogen) atoms. The summed E-state index contributed by atoms with van der Waals surface area (Å²) in [6, 6.07) is 5.71. The second-order valence-electron chi connectivity index (χ2n) is 5.35. The lowest BCUT2D eigenvalue weighted by molar-refractivity contribution is -0.148. The van der Waals surface area contributed by atoms with Gasteiger partial charge in [0.2, 0.25) is 0 Å². The molecule has 1 aliphatic heterocycles. The fraction of sp³-hybridized carbons (Fsp3) is 0.500. The minimum atomic E-state index is -0.378. The Kier molecular flexibility index (Phi) is 5.45. The Morgan fingerprint density at radius 2 is 2.09 bits per heavy atom. The van der Waals surface area contributed by atoms with E-state index >= 15 is 0 Å². The third kappa shape index (κ3) is 3.27. The van der Waals surface area contributed by atoms with E-state index in [1.165, 1.54) is 14.2 Å². The fourth-order valence-electron chi connectivity index (χ4n) is 2.98. The van der Waals surface area contributed by atoms with Gasteiger partial charge in [-0.25, -0.2) is 0 Å². The number of carbonyl (C=O) groups excluding carboxylic acids is 2. The van der Waals surface area contributed by atoms with E-state index in [2.05, 4.69) is 15.9 Å². The normalized spacial score (nSPS) is 21.3. The van der Waals surface area contributed by atoms with Crippen LogP contribution < -0.4 is 4.74 Å². The van der Waals surface area contributed by atoms with Crippen LogP contribution in [-0.4, -0.2) is 32.8 Å². The molecule has 3 atom stereocenters. The first-order valence-corrected chi connectivity index (χ1v) is 7.84. The summed E-state index contributed by atoms with van der Waals surface area (Å²) >= 11 is 3.46. The van der Waals surface area contributed by atoms with Crippen LogP contribution in [0.3, 0.4) is 0 Å². The van der Waals surface area contributed by atoms with Crippen LogP contribution in [0.25, 0.3) is 0 Å². The SMILES string of the molecule is COC(=O)CC1COc2c(Br)cccc2C1C(C)C(=O)OC. The molecule has 5 nitrogen and oxygen atoms in total. The lowest BCUT2D eigenvalue weighted by Crippen LogP contribution is -2.35. The zero-order valence-corrected chi connectivity index (χ0v) is 14.4. The average molecular weight is 371 g/mol. The van der Waals surface area contributed by atoms with Crippen LogP contribution in [0.4, 0.5) is 0 Å². The second kappa shape index (κ2) is 7.13. The molecular weight excluding hydrogens is 352 g/mol. The smallest absolute Gasteiger partial charge is 0.309 e. The molecule has 120 valence electrons. The van der Waals surface area contributed by atoms with E-state index in [4.69, 9.17) is 14.2 Å². The van der Waals surface area contributed by atoms with Gasteiger partial charge < -0.3 is 14.2 Å². The molecule has 3 unspecified atom stereocenters. The topological polar surface area (TPSA) is 61.8 Å². The van der Waals surface area contributed by atoms with Crippen LogP contribution >= 0.6 is 15.9 Å². The van der Waals surface area contributed by atoms with Crippen LogP contribution in [0.5, 0.6) is 5.75 Å². The quantitative estimate of drug-likeness (QED) is 0.762. The molecule has 0 radical (unpaired) electrons. The summed E-state index contributed by atoms with van der Waals surface area (Å²) in [7, 11) is 2.73. The number of hydrogen-bond donors (Lipinski definition) is 0. The zero-order chi connectivity index (χ0) is 16.3. The van der Waals surface area contributed by atoms with Gasteiger partial charge in [0.05, 0.1) is 37.6 Å². The number of ether oxygens (including phenoxy) is 3. The summed E-state index contributed by atoms with van der Waals surface area (Å²) in [5.74, 6) is -0.557. The molecule has 1 heterocycles. The van der Waals surface area contributed by atoms with E-state index in [0.717, 1.165) is 15.8 Å². The van der Waals surface area contributed by atoms with Gasteiger partial charge in [0.1, 0.15) is 5.75 Å². The third-order valence-electron chi connectivity index (χ3n) is 4.07. The molecule has 0 aliphatic carbocycles. The predicted molar refractivity (Wildman–Crippen MR) is 83.7 cm³/mol. The molecule has 6 heteroatoms. The van der Waals surface area contributed by atoms with Crippen LogP contribution in [0.2, 0.25) is 0 Å². The maximum Gasteiger partial charge on any atom is 0.309 e. The Morgan fingerprint density at radius 3 is 2.73 bits per heavy atom. The van der Waals surface area contributed by atoms with Crippen molar-refractivity contribution >= 4 is 27.9 Å². The number of halogens is 1. The van der Waals surface area contributed by atoms with Crippen molar-refractivity contribution in [2.45, 2.75) is 19.3 Å². The Morgan fingerprint density at radius 1 is 1.36 bits per heavy atom. The number of hydrogen-bond acceptors (Lipinski definition) is 5. The van der Waals surface area contributed by atoms with Crippen molar-refractivity contribution in [3.63, 3.8) is 0 Å². The van der Waals surface area contributed by atoms with Crippen LogP contribution in [0.15, 0.2) is 22.7 Å². The van der Waals surface area contributed by atoms with Gasteiger partial charge in [0.15, 0.2) is 0 Å². The Hall–Kier alpha value is -1.56. The van der Waals surface area contributed by atoms with E-state index in [0.29, 0.717) is 6.61 Å². The highest BCUT2D eigenvalue weighted by Gasteiger charge is 2.39. The molecule has 1 aromatic rings. The van der Waals surface area contributed by atoms with Crippen molar-refractivity contribution < 1.29 is 23.8 Å². The van der Waals surface area contributed by atoms with E-state index in [1.54, 1.807) is 0 Å². The van der Waals surface area contributed by atoms with E-state index < -0.39 is 0 Å². The lowest BCUT2D eigenvalue weighted by atomic mass is 9.75. The van der Waals surface area contributed by atoms with Crippen molar-refractivity contribution in [2.24, 2.45) is 11.8 Å². The predicted octanol–water partition coefficient (Wildman–Crippen LogP) is 2.91. The van der Waals surface area contributed by atoms with Crippen LogP contribution in [0.1, 0.15) is 24.8 Å². The van der Waals surface area contributed by atoms with E-state index in [-0.39, 0.29) is 36.1 Å². The highest BCUT2D eigenvalue weighted by molar-refractivity contribution is 9.10. The van der Waals surface area contributed by atoms with Crippen LogP contribution in [0, 0.1) is 11.8 Å². The first-order chi connectivity index (χ1) is 10.5. The molecule has 0 saturated heterocycles. The Balaban J connectivity index is 2.41. The maximum absolute atomic E-state index is 12.0.